The molecule has 3 nitrogen and oxygen atoms in total. The van der Waals surface area contributed by atoms with Crippen LogP contribution >= 0.6 is 27.3 Å². The highest BCUT2D eigenvalue weighted by atomic mass is 79.9. The fourth-order valence-corrected chi connectivity index (χ4v) is 2.40. The summed E-state index contributed by atoms with van der Waals surface area (Å²) in [6, 6.07) is 3.95. The molecule has 0 unspecified atom stereocenters. The van der Waals surface area contributed by atoms with Crippen LogP contribution in [0.4, 0.5) is 11.4 Å². The molecule has 2 aromatic rings. The van der Waals surface area contributed by atoms with Crippen LogP contribution < -0.4 is 11.1 Å². The quantitative estimate of drug-likeness (QED) is 0.854. The fourth-order valence-electron chi connectivity index (χ4n) is 1.34. The van der Waals surface area contributed by atoms with E-state index in [2.05, 4.69) is 26.2 Å². The number of nitrogen functional groups attached to an aromatic ring is 1. The third kappa shape index (κ3) is 2.54. The maximum atomic E-state index is 5.81. The first-order valence-corrected chi connectivity index (χ1v) is 6.57. The molecule has 0 aliphatic rings. The molecule has 16 heavy (non-hydrogen) atoms. The number of benzene rings is 1. The van der Waals surface area contributed by atoms with E-state index in [-0.39, 0.29) is 0 Å². The SMILES string of the molecule is Cc1cc(NCc2cscn2)c(Br)cc1N. The molecule has 0 fully saturated rings. The van der Waals surface area contributed by atoms with Crippen LogP contribution in [-0.2, 0) is 6.54 Å². The molecule has 0 amide bonds. The minimum absolute atomic E-state index is 0.728. The first-order valence-electron chi connectivity index (χ1n) is 4.83. The van der Waals surface area contributed by atoms with E-state index in [9.17, 15) is 0 Å². The monoisotopic (exact) mass is 297 g/mol. The minimum atomic E-state index is 0.728. The highest BCUT2D eigenvalue weighted by Crippen LogP contribution is 2.28. The van der Waals surface area contributed by atoms with Crippen LogP contribution in [0.3, 0.4) is 0 Å². The van der Waals surface area contributed by atoms with Gasteiger partial charge in [-0.1, -0.05) is 0 Å². The Morgan fingerprint density at radius 3 is 3.00 bits per heavy atom. The maximum Gasteiger partial charge on any atom is 0.0795 e. The predicted octanol–water partition coefficient (Wildman–Crippen LogP) is 3.41. The third-order valence-electron chi connectivity index (χ3n) is 2.30. The predicted molar refractivity (Wildman–Crippen MR) is 72.7 cm³/mol. The highest BCUT2D eigenvalue weighted by molar-refractivity contribution is 9.10. The van der Waals surface area contributed by atoms with Gasteiger partial charge in [-0.25, -0.2) is 4.98 Å². The molecular weight excluding hydrogens is 286 g/mol. The summed E-state index contributed by atoms with van der Waals surface area (Å²) in [6.45, 7) is 2.72. The number of thiazole rings is 1. The van der Waals surface area contributed by atoms with Crippen molar-refractivity contribution in [1.82, 2.24) is 4.98 Å². The summed E-state index contributed by atoms with van der Waals surface area (Å²) in [4.78, 5) is 4.22. The second-order valence-electron chi connectivity index (χ2n) is 3.52. The van der Waals surface area contributed by atoms with E-state index in [0.717, 1.165) is 33.6 Å². The van der Waals surface area contributed by atoms with Gasteiger partial charge in [-0.2, -0.15) is 0 Å². The molecule has 5 heteroatoms. The number of aryl methyl sites for hydroxylation is 1. The molecule has 3 N–H and O–H groups in total. The molecule has 2 rings (SSSR count). The molecule has 84 valence electrons. The van der Waals surface area contributed by atoms with Crippen molar-refractivity contribution >= 4 is 38.6 Å². The fraction of sp³-hybridized carbons (Fsp3) is 0.182. The lowest BCUT2D eigenvalue weighted by molar-refractivity contribution is 1.07. The molecule has 0 aliphatic carbocycles. The smallest absolute Gasteiger partial charge is 0.0795 e. The Balaban J connectivity index is 2.12. The lowest BCUT2D eigenvalue weighted by Gasteiger charge is -2.10. The number of nitrogens with two attached hydrogens (primary N) is 1. The summed E-state index contributed by atoms with van der Waals surface area (Å²) < 4.78 is 0.978. The van der Waals surface area contributed by atoms with Crippen molar-refractivity contribution < 1.29 is 0 Å². The van der Waals surface area contributed by atoms with Gasteiger partial charge >= 0.3 is 0 Å². The van der Waals surface area contributed by atoms with Gasteiger partial charge in [-0.05, 0) is 40.5 Å². The first kappa shape index (κ1) is 11.4. The van der Waals surface area contributed by atoms with E-state index in [0.29, 0.717) is 0 Å². The minimum Gasteiger partial charge on any atom is -0.398 e. The van der Waals surface area contributed by atoms with Crippen LogP contribution in [0, 0.1) is 6.92 Å². The summed E-state index contributed by atoms with van der Waals surface area (Å²) in [6.07, 6.45) is 0. The molecule has 0 radical (unpaired) electrons. The average Bonchev–Trinajstić information content (AvgIpc) is 2.74. The number of nitrogens with zero attached hydrogens (tertiary/aromatic N) is 1. The van der Waals surface area contributed by atoms with E-state index in [1.54, 1.807) is 11.3 Å². The van der Waals surface area contributed by atoms with Gasteiger partial charge in [0.2, 0.25) is 0 Å². The average molecular weight is 298 g/mol. The molecule has 0 saturated heterocycles. The second-order valence-corrected chi connectivity index (χ2v) is 5.09. The number of aromatic nitrogens is 1. The van der Waals surface area contributed by atoms with E-state index >= 15 is 0 Å². The van der Waals surface area contributed by atoms with Gasteiger partial charge < -0.3 is 11.1 Å². The molecule has 0 bridgehead atoms. The Morgan fingerprint density at radius 2 is 2.31 bits per heavy atom. The van der Waals surface area contributed by atoms with Crippen LogP contribution in [0.5, 0.6) is 0 Å². The summed E-state index contributed by atoms with van der Waals surface area (Å²) in [5.74, 6) is 0. The lowest BCUT2D eigenvalue weighted by atomic mass is 10.2. The van der Waals surface area contributed by atoms with Crippen molar-refractivity contribution in [3.8, 4) is 0 Å². The van der Waals surface area contributed by atoms with Crippen molar-refractivity contribution in [2.45, 2.75) is 13.5 Å². The van der Waals surface area contributed by atoms with Gasteiger partial charge in [-0.15, -0.1) is 11.3 Å². The van der Waals surface area contributed by atoms with E-state index in [1.165, 1.54) is 0 Å². The van der Waals surface area contributed by atoms with Crippen molar-refractivity contribution in [3.05, 3.63) is 38.8 Å². The molecule has 0 atom stereocenters. The van der Waals surface area contributed by atoms with Crippen LogP contribution in [0.1, 0.15) is 11.3 Å². The van der Waals surface area contributed by atoms with Gasteiger partial charge in [0.25, 0.3) is 0 Å². The van der Waals surface area contributed by atoms with Gasteiger partial charge in [0.1, 0.15) is 0 Å². The maximum absolute atomic E-state index is 5.81. The van der Waals surface area contributed by atoms with Crippen molar-refractivity contribution in [3.63, 3.8) is 0 Å². The first-order chi connectivity index (χ1) is 7.66. The zero-order valence-corrected chi connectivity index (χ0v) is 11.2. The topological polar surface area (TPSA) is 50.9 Å². The number of halogens is 1. The lowest BCUT2D eigenvalue weighted by Crippen LogP contribution is -2.01. The number of nitrogens with one attached hydrogen (secondary N) is 1. The van der Waals surface area contributed by atoms with E-state index < -0.39 is 0 Å². The zero-order valence-electron chi connectivity index (χ0n) is 8.83. The summed E-state index contributed by atoms with van der Waals surface area (Å²) in [5, 5.41) is 5.36. The summed E-state index contributed by atoms with van der Waals surface area (Å²) >= 11 is 5.09. The van der Waals surface area contributed by atoms with E-state index in [1.807, 2.05) is 29.9 Å². The van der Waals surface area contributed by atoms with Gasteiger partial charge in [-0.3, -0.25) is 0 Å². The van der Waals surface area contributed by atoms with Crippen LogP contribution in [0.25, 0.3) is 0 Å². The molecule has 0 aliphatic heterocycles. The van der Waals surface area contributed by atoms with Crippen molar-refractivity contribution in [2.24, 2.45) is 0 Å². The van der Waals surface area contributed by atoms with Gasteiger partial charge in [0.05, 0.1) is 17.7 Å². The second kappa shape index (κ2) is 4.84. The van der Waals surface area contributed by atoms with Crippen LogP contribution in [0.2, 0.25) is 0 Å². The number of rotatable bonds is 3. The van der Waals surface area contributed by atoms with Crippen LogP contribution in [0.15, 0.2) is 27.5 Å². The van der Waals surface area contributed by atoms with Crippen molar-refractivity contribution in [1.29, 1.82) is 0 Å². The standard InChI is InChI=1S/C11H12BrN3S/c1-7-2-11(9(12)3-10(7)13)14-4-8-5-16-6-15-8/h2-3,5-6,14H,4,13H2,1H3. The van der Waals surface area contributed by atoms with Crippen molar-refractivity contribution in [2.75, 3.05) is 11.1 Å². The number of anilines is 2. The van der Waals surface area contributed by atoms with E-state index in [4.69, 9.17) is 5.73 Å². The molecular formula is C11H12BrN3S. The summed E-state index contributed by atoms with van der Waals surface area (Å²) in [5.41, 5.74) is 11.6. The Kier molecular flexibility index (Phi) is 3.46. The van der Waals surface area contributed by atoms with Gasteiger partial charge in [0.15, 0.2) is 0 Å². The summed E-state index contributed by atoms with van der Waals surface area (Å²) in [7, 11) is 0. The largest absolute Gasteiger partial charge is 0.398 e. The Morgan fingerprint density at radius 1 is 1.50 bits per heavy atom. The number of hydrogen-bond acceptors (Lipinski definition) is 4. The molecule has 1 aromatic heterocycles. The Labute approximate surface area is 107 Å². The Hall–Kier alpha value is -1.07. The van der Waals surface area contributed by atoms with Gasteiger partial charge in [0, 0.05) is 21.2 Å². The molecule has 1 heterocycles. The Bertz CT molecular complexity index is 482. The highest BCUT2D eigenvalue weighted by Gasteiger charge is 2.03. The molecule has 1 aromatic carbocycles. The van der Waals surface area contributed by atoms with Crippen LogP contribution in [-0.4, -0.2) is 4.98 Å². The third-order valence-corrected chi connectivity index (χ3v) is 3.59. The zero-order chi connectivity index (χ0) is 11.5. The molecule has 0 spiro atoms. The normalized spacial score (nSPS) is 10.4. The molecule has 0 saturated carbocycles. The number of hydrogen-bond donors (Lipinski definition) is 2.